The second-order valence-electron chi connectivity index (χ2n) is 4.91. The van der Waals surface area contributed by atoms with Crippen LogP contribution >= 0.6 is 15.9 Å². The minimum atomic E-state index is 0.266. The van der Waals surface area contributed by atoms with Gasteiger partial charge < -0.3 is 5.73 Å². The molecule has 0 amide bonds. The molecule has 1 aromatic heterocycles. The molecule has 1 rings (SSSR count). The zero-order valence-corrected chi connectivity index (χ0v) is 13.0. The predicted octanol–water partition coefficient (Wildman–Crippen LogP) is 2.37. The van der Waals surface area contributed by atoms with E-state index in [4.69, 9.17) is 5.73 Å². The monoisotopic (exact) mass is 315 g/mol. The molecule has 0 aliphatic carbocycles. The summed E-state index contributed by atoms with van der Waals surface area (Å²) in [6, 6.07) is 0. The lowest BCUT2D eigenvalue weighted by Crippen LogP contribution is -2.11. The van der Waals surface area contributed by atoms with E-state index in [-0.39, 0.29) is 5.78 Å². The lowest BCUT2D eigenvalue weighted by molar-refractivity contribution is -0.118. The molecule has 1 unspecified atom stereocenters. The van der Waals surface area contributed by atoms with Gasteiger partial charge in [-0.15, -0.1) is 0 Å². The number of nitrogens with zero attached hydrogens (tertiary/aromatic N) is 2. The van der Waals surface area contributed by atoms with Crippen molar-refractivity contribution in [1.82, 2.24) is 9.78 Å². The molecule has 0 aliphatic heterocycles. The third-order valence-corrected chi connectivity index (χ3v) is 4.23. The Morgan fingerprint density at radius 2 is 2.17 bits per heavy atom. The van der Waals surface area contributed by atoms with E-state index in [0.29, 0.717) is 25.3 Å². The Bertz CT molecular complexity index is 415. The maximum atomic E-state index is 11.9. The summed E-state index contributed by atoms with van der Waals surface area (Å²) in [4.78, 5) is 11.9. The molecule has 18 heavy (non-hydrogen) atoms. The molecule has 5 heteroatoms. The van der Waals surface area contributed by atoms with Crippen LogP contribution in [0.15, 0.2) is 4.47 Å². The van der Waals surface area contributed by atoms with Crippen molar-refractivity contribution >= 4 is 21.7 Å². The molecule has 1 atom stereocenters. The summed E-state index contributed by atoms with van der Waals surface area (Å²) in [5, 5.41) is 4.29. The molecule has 0 spiro atoms. The lowest BCUT2D eigenvalue weighted by atomic mass is 9.99. The number of halogens is 1. The number of carbonyl (C=O) groups is 1. The Labute approximate surface area is 117 Å². The number of aromatic nitrogens is 2. The van der Waals surface area contributed by atoms with Crippen LogP contribution in [-0.4, -0.2) is 22.1 Å². The molecule has 4 nitrogen and oxygen atoms in total. The molecule has 0 aliphatic rings. The molecular formula is C13H22BrN3O. The largest absolute Gasteiger partial charge is 0.330 e. The van der Waals surface area contributed by atoms with Crippen LogP contribution in [0, 0.1) is 12.8 Å². The number of nitrogens with two attached hydrogens (primary N) is 1. The van der Waals surface area contributed by atoms with Gasteiger partial charge in [0.15, 0.2) is 0 Å². The van der Waals surface area contributed by atoms with Crippen molar-refractivity contribution in [3.63, 3.8) is 0 Å². The number of rotatable bonds is 7. The van der Waals surface area contributed by atoms with Gasteiger partial charge in [-0.2, -0.15) is 5.10 Å². The van der Waals surface area contributed by atoms with Crippen LogP contribution in [0.2, 0.25) is 0 Å². The van der Waals surface area contributed by atoms with E-state index in [2.05, 4.69) is 28.0 Å². The topological polar surface area (TPSA) is 60.9 Å². The predicted molar refractivity (Wildman–Crippen MR) is 76.4 cm³/mol. The summed E-state index contributed by atoms with van der Waals surface area (Å²) in [6.07, 6.45) is 2.98. The lowest BCUT2D eigenvalue weighted by Gasteiger charge is -2.09. The minimum Gasteiger partial charge on any atom is -0.330 e. The van der Waals surface area contributed by atoms with Crippen molar-refractivity contribution in [1.29, 1.82) is 0 Å². The number of aryl methyl sites for hydroxylation is 2. The highest BCUT2D eigenvalue weighted by Gasteiger charge is 2.15. The van der Waals surface area contributed by atoms with Crippen LogP contribution in [0.5, 0.6) is 0 Å². The highest BCUT2D eigenvalue weighted by Crippen LogP contribution is 2.21. The average Bonchev–Trinajstić information content (AvgIpc) is 2.54. The number of hydrogen-bond acceptors (Lipinski definition) is 3. The molecule has 2 N–H and O–H groups in total. The first-order valence-electron chi connectivity index (χ1n) is 6.35. The van der Waals surface area contributed by atoms with Gasteiger partial charge >= 0.3 is 0 Å². The summed E-state index contributed by atoms with van der Waals surface area (Å²) in [6.45, 7) is 4.77. The van der Waals surface area contributed by atoms with Crippen molar-refractivity contribution in [2.24, 2.45) is 18.7 Å². The normalized spacial score (nSPS) is 12.7. The van der Waals surface area contributed by atoms with Crippen molar-refractivity contribution in [2.75, 3.05) is 6.54 Å². The van der Waals surface area contributed by atoms with Gasteiger partial charge in [-0.25, -0.2) is 0 Å². The van der Waals surface area contributed by atoms with E-state index in [1.807, 2.05) is 14.0 Å². The molecule has 0 aromatic carbocycles. The SMILES string of the molecule is Cc1nn(C)c(CC(=O)CCC(C)CCN)c1Br. The number of Topliss-reactive ketones (excluding diaryl/α,β-unsaturated/α-hetero) is 1. The second kappa shape index (κ2) is 7.04. The minimum absolute atomic E-state index is 0.266. The van der Waals surface area contributed by atoms with Crippen molar-refractivity contribution in [3.05, 3.63) is 15.9 Å². The van der Waals surface area contributed by atoms with Crippen LogP contribution < -0.4 is 5.73 Å². The maximum absolute atomic E-state index is 11.9. The summed E-state index contributed by atoms with van der Waals surface area (Å²) >= 11 is 3.48. The smallest absolute Gasteiger partial charge is 0.138 e. The van der Waals surface area contributed by atoms with E-state index in [1.54, 1.807) is 4.68 Å². The first-order valence-corrected chi connectivity index (χ1v) is 7.14. The third-order valence-electron chi connectivity index (χ3n) is 3.20. The van der Waals surface area contributed by atoms with E-state index in [9.17, 15) is 4.79 Å². The zero-order valence-electron chi connectivity index (χ0n) is 11.4. The van der Waals surface area contributed by atoms with Crippen LogP contribution in [-0.2, 0) is 18.3 Å². The van der Waals surface area contributed by atoms with Gasteiger partial charge in [-0.3, -0.25) is 9.48 Å². The second-order valence-corrected chi connectivity index (χ2v) is 5.70. The van der Waals surface area contributed by atoms with Gasteiger partial charge in [-0.05, 0) is 48.2 Å². The van der Waals surface area contributed by atoms with Gasteiger partial charge in [0, 0.05) is 19.9 Å². The molecule has 0 saturated carbocycles. The van der Waals surface area contributed by atoms with Gasteiger partial charge in [0.25, 0.3) is 0 Å². The average molecular weight is 316 g/mol. The van der Waals surface area contributed by atoms with Crippen LogP contribution in [0.4, 0.5) is 0 Å². The molecule has 0 bridgehead atoms. The summed E-state index contributed by atoms with van der Waals surface area (Å²) in [5.74, 6) is 0.790. The fourth-order valence-corrected chi connectivity index (χ4v) is 2.46. The molecule has 1 heterocycles. The molecule has 0 fully saturated rings. The molecule has 0 saturated heterocycles. The van der Waals surface area contributed by atoms with Crippen molar-refractivity contribution in [3.8, 4) is 0 Å². The van der Waals surface area contributed by atoms with E-state index >= 15 is 0 Å². The van der Waals surface area contributed by atoms with Crippen LogP contribution in [0.1, 0.15) is 37.6 Å². The van der Waals surface area contributed by atoms with E-state index in [0.717, 1.165) is 28.7 Å². The highest BCUT2D eigenvalue weighted by molar-refractivity contribution is 9.10. The van der Waals surface area contributed by atoms with Crippen molar-refractivity contribution < 1.29 is 4.79 Å². The first kappa shape index (κ1) is 15.4. The Morgan fingerprint density at radius 1 is 1.50 bits per heavy atom. The molecule has 102 valence electrons. The Kier molecular flexibility index (Phi) is 6.02. The quantitative estimate of drug-likeness (QED) is 0.840. The first-order chi connectivity index (χ1) is 8.45. The Hall–Kier alpha value is -0.680. The number of carbonyl (C=O) groups excluding carboxylic acids is 1. The fourth-order valence-electron chi connectivity index (χ4n) is 1.98. The molecular weight excluding hydrogens is 294 g/mol. The molecule has 1 aromatic rings. The van der Waals surface area contributed by atoms with E-state index < -0.39 is 0 Å². The van der Waals surface area contributed by atoms with Gasteiger partial charge in [-0.1, -0.05) is 6.92 Å². The summed E-state index contributed by atoms with van der Waals surface area (Å²) in [5.41, 5.74) is 7.39. The van der Waals surface area contributed by atoms with Crippen LogP contribution in [0.25, 0.3) is 0 Å². The third kappa shape index (κ3) is 4.21. The summed E-state index contributed by atoms with van der Waals surface area (Å²) < 4.78 is 2.73. The van der Waals surface area contributed by atoms with E-state index in [1.165, 1.54) is 0 Å². The number of hydrogen-bond donors (Lipinski definition) is 1. The van der Waals surface area contributed by atoms with Crippen LogP contribution in [0.3, 0.4) is 0 Å². The fraction of sp³-hybridized carbons (Fsp3) is 0.692. The summed E-state index contributed by atoms with van der Waals surface area (Å²) in [7, 11) is 1.87. The van der Waals surface area contributed by atoms with Gasteiger partial charge in [0.1, 0.15) is 5.78 Å². The Morgan fingerprint density at radius 3 is 2.67 bits per heavy atom. The van der Waals surface area contributed by atoms with Gasteiger partial charge in [0.2, 0.25) is 0 Å². The van der Waals surface area contributed by atoms with Crippen molar-refractivity contribution in [2.45, 2.75) is 39.5 Å². The maximum Gasteiger partial charge on any atom is 0.138 e. The number of ketones is 1. The Balaban J connectivity index is 2.50. The zero-order chi connectivity index (χ0) is 13.7. The highest BCUT2D eigenvalue weighted by atomic mass is 79.9. The van der Waals surface area contributed by atoms with Gasteiger partial charge in [0.05, 0.1) is 15.9 Å². The molecule has 0 radical (unpaired) electrons. The standard InChI is InChI=1S/C13H22BrN3O/c1-9(6-7-15)4-5-11(18)8-12-13(14)10(2)16-17(12)3/h9H,4-8,15H2,1-3H3.